The summed E-state index contributed by atoms with van der Waals surface area (Å²) in [5.74, 6) is 0. The van der Waals surface area contributed by atoms with Crippen LogP contribution >= 0.6 is 0 Å². The first-order chi connectivity index (χ1) is 22.3. The lowest BCUT2D eigenvalue weighted by molar-refractivity contribution is 0.669. The fourth-order valence-electron chi connectivity index (χ4n) is 6.75. The second kappa shape index (κ2) is 11.1. The first-order valence-corrected chi connectivity index (χ1v) is 15.8. The molecule has 9 aromatic rings. The minimum Gasteiger partial charge on any atom is -0.456 e. The van der Waals surface area contributed by atoms with Gasteiger partial charge in [-0.15, -0.1) is 0 Å². The van der Waals surface area contributed by atoms with E-state index in [2.05, 4.69) is 158 Å². The van der Waals surface area contributed by atoms with Gasteiger partial charge in [-0.2, -0.15) is 0 Å². The summed E-state index contributed by atoms with van der Waals surface area (Å²) in [6.45, 7) is 4.00. The summed E-state index contributed by atoms with van der Waals surface area (Å²) in [5.41, 5.74) is 11.4. The summed E-state index contributed by atoms with van der Waals surface area (Å²) < 4.78 is 6.74. The molecule has 0 unspecified atom stereocenters. The third kappa shape index (κ3) is 4.56. The van der Waals surface area contributed by atoms with Crippen molar-refractivity contribution in [3.8, 4) is 44.5 Å². The minimum absolute atomic E-state index is 0.929. The van der Waals surface area contributed by atoms with Gasteiger partial charge in [0.2, 0.25) is 0 Å². The molecule has 0 aliphatic rings. The van der Waals surface area contributed by atoms with Crippen LogP contribution in [0.4, 0.5) is 0 Å². The van der Waals surface area contributed by atoms with Crippen LogP contribution in [0.1, 0.15) is 13.8 Å². The largest absolute Gasteiger partial charge is 0.456 e. The van der Waals surface area contributed by atoms with Crippen molar-refractivity contribution >= 4 is 43.5 Å². The lowest BCUT2D eigenvalue weighted by Crippen LogP contribution is -1.86. The lowest BCUT2D eigenvalue weighted by Gasteiger charge is -2.12. The molecule has 1 aromatic heterocycles. The number of hydrogen-bond acceptors (Lipinski definition) is 1. The van der Waals surface area contributed by atoms with Crippen LogP contribution in [0.25, 0.3) is 88.0 Å². The van der Waals surface area contributed by atoms with Crippen LogP contribution in [0.3, 0.4) is 0 Å². The summed E-state index contributed by atoms with van der Waals surface area (Å²) in [7, 11) is 0. The van der Waals surface area contributed by atoms with E-state index in [0.717, 1.165) is 22.3 Å². The molecule has 0 bridgehead atoms. The van der Waals surface area contributed by atoms with Gasteiger partial charge in [-0.3, -0.25) is 0 Å². The average molecular weight is 577 g/mol. The van der Waals surface area contributed by atoms with Crippen molar-refractivity contribution in [2.24, 2.45) is 0 Å². The number of benzene rings is 8. The Morgan fingerprint density at radius 3 is 1.07 bits per heavy atom. The molecular formula is C44H32O. The lowest BCUT2D eigenvalue weighted by atomic mass is 9.90. The van der Waals surface area contributed by atoms with Gasteiger partial charge in [0.15, 0.2) is 0 Å². The SMILES string of the molecule is CC.c1ccc(-c2cccc(-c3cc4oc5cc(-c6cccc(-c7ccccc7)c6)cc6c7ccccc7c(c3)c4c56)c2)cc1. The van der Waals surface area contributed by atoms with E-state index in [0.29, 0.717) is 0 Å². The van der Waals surface area contributed by atoms with Crippen LogP contribution in [-0.2, 0) is 0 Å². The van der Waals surface area contributed by atoms with E-state index in [1.54, 1.807) is 0 Å². The highest BCUT2D eigenvalue weighted by Crippen LogP contribution is 2.46. The molecule has 1 heteroatoms. The summed E-state index contributed by atoms with van der Waals surface area (Å²) in [5, 5.41) is 7.38. The molecule has 0 atom stereocenters. The molecule has 1 nitrogen and oxygen atoms in total. The molecule has 0 spiro atoms. The first-order valence-electron chi connectivity index (χ1n) is 15.8. The molecule has 0 saturated carbocycles. The molecule has 0 N–H and O–H groups in total. The van der Waals surface area contributed by atoms with Gasteiger partial charge in [-0.1, -0.05) is 135 Å². The Labute approximate surface area is 263 Å². The van der Waals surface area contributed by atoms with Crippen LogP contribution < -0.4 is 0 Å². The van der Waals surface area contributed by atoms with Crippen molar-refractivity contribution in [2.45, 2.75) is 13.8 Å². The van der Waals surface area contributed by atoms with Gasteiger partial charge in [-0.25, -0.2) is 0 Å². The van der Waals surface area contributed by atoms with Gasteiger partial charge in [0.25, 0.3) is 0 Å². The maximum atomic E-state index is 6.74. The monoisotopic (exact) mass is 576 g/mol. The Bertz CT molecular complexity index is 2260. The van der Waals surface area contributed by atoms with E-state index < -0.39 is 0 Å². The van der Waals surface area contributed by atoms with Gasteiger partial charge in [0, 0.05) is 10.8 Å². The zero-order valence-corrected chi connectivity index (χ0v) is 25.4. The van der Waals surface area contributed by atoms with E-state index in [1.807, 2.05) is 13.8 Å². The van der Waals surface area contributed by atoms with Crippen molar-refractivity contribution in [3.05, 3.63) is 158 Å². The molecule has 8 aromatic carbocycles. The molecular weight excluding hydrogens is 544 g/mol. The smallest absolute Gasteiger partial charge is 0.136 e. The molecule has 0 aliphatic heterocycles. The van der Waals surface area contributed by atoms with Crippen molar-refractivity contribution in [2.75, 3.05) is 0 Å². The Balaban J connectivity index is 0.00000147. The predicted molar refractivity (Wildman–Crippen MR) is 193 cm³/mol. The Morgan fingerprint density at radius 1 is 0.289 bits per heavy atom. The standard InChI is InChI=1S/C42H26O.C2H6/c1-3-11-27(12-4-1)29-15-9-17-31(21-29)33-23-37-35-19-7-8-20-36(35)38-24-34(26-40-42(38)41(37)39(25-33)43-40)32-18-10-16-30(22-32)28-13-5-2-6-14-28;1-2/h1-26H;1-2H3. The third-order valence-electron chi connectivity index (χ3n) is 8.79. The maximum Gasteiger partial charge on any atom is 0.136 e. The summed E-state index contributed by atoms with van der Waals surface area (Å²) >= 11 is 0. The first kappa shape index (κ1) is 26.9. The number of rotatable bonds is 4. The molecule has 0 radical (unpaired) electrons. The molecule has 0 fully saturated rings. The van der Waals surface area contributed by atoms with Gasteiger partial charge in [0.1, 0.15) is 11.2 Å². The van der Waals surface area contributed by atoms with Gasteiger partial charge < -0.3 is 4.42 Å². The van der Waals surface area contributed by atoms with E-state index >= 15 is 0 Å². The van der Waals surface area contributed by atoms with E-state index in [-0.39, 0.29) is 0 Å². The Morgan fingerprint density at radius 2 is 0.644 bits per heavy atom. The van der Waals surface area contributed by atoms with Crippen molar-refractivity contribution in [3.63, 3.8) is 0 Å². The molecule has 45 heavy (non-hydrogen) atoms. The second-order valence-corrected chi connectivity index (χ2v) is 11.3. The van der Waals surface area contributed by atoms with E-state index in [9.17, 15) is 0 Å². The topological polar surface area (TPSA) is 13.1 Å². The summed E-state index contributed by atoms with van der Waals surface area (Å²) in [6.07, 6.45) is 0. The predicted octanol–water partition coefficient (Wildman–Crippen LogP) is 13.0. The van der Waals surface area contributed by atoms with Crippen molar-refractivity contribution in [1.82, 2.24) is 0 Å². The molecule has 0 saturated heterocycles. The normalized spacial score (nSPS) is 11.3. The molecule has 1 heterocycles. The zero-order valence-electron chi connectivity index (χ0n) is 25.4. The van der Waals surface area contributed by atoms with Crippen LogP contribution in [0, 0.1) is 0 Å². The van der Waals surface area contributed by atoms with Crippen LogP contribution in [0.15, 0.2) is 162 Å². The Hall–Kier alpha value is -5.66. The Kier molecular flexibility index (Phi) is 6.65. The highest BCUT2D eigenvalue weighted by Gasteiger charge is 2.20. The number of furan rings is 1. The quantitative estimate of drug-likeness (QED) is 0.190. The van der Waals surface area contributed by atoms with Crippen molar-refractivity contribution in [1.29, 1.82) is 0 Å². The van der Waals surface area contributed by atoms with Gasteiger partial charge in [-0.05, 0) is 102 Å². The van der Waals surface area contributed by atoms with E-state index in [4.69, 9.17) is 4.42 Å². The molecule has 9 rings (SSSR count). The zero-order chi connectivity index (χ0) is 30.3. The second-order valence-electron chi connectivity index (χ2n) is 11.3. The number of hydrogen-bond donors (Lipinski definition) is 0. The van der Waals surface area contributed by atoms with Gasteiger partial charge >= 0.3 is 0 Å². The van der Waals surface area contributed by atoms with Gasteiger partial charge in [0.05, 0.1) is 0 Å². The third-order valence-corrected chi connectivity index (χ3v) is 8.79. The minimum atomic E-state index is 0.929. The summed E-state index contributed by atoms with van der Waals surface area (Å²) in [6, 6.07) is 56.7. The fraction of sp³-hybridized carbons (Fsp3) is 0.0455. The van der Waals surface area contributed by atoms with Crippen LogP contribution in [0.2, 0.25) is 0 Å². The van der Waals surface area contributed by atoms with E-state index in [1.165, 1.54) is 65.7 Å². The summed E-state index contributed by atoms with van der Waals surface area (Å²) in [4.78, 5) is 0. The average Bonchev–Trinajstić information content (AvgIpc) is 3.51. The maximum absolute atomic E-state index is 6.74. The van der Waals surface area contributed by atoms with Crippen LogP contribution in [-0.4, -0.2) is 0 Å². The van der Waals surface area contributed by atoms with Crippen LogP contribution in [0.5, 0.6) is 0 Å². The molecule has 214 valence electrons. The highest BCUT2D eigenvalue weighted by atomic mass is 16.3. The molecule has 0 aliphatic carbocycles. The molecule has 0 amide bonds. The van der Waals surface area contributed by atoms with Crippen molar-refractivity contribution < 1.29 is 4.42 Å². The number of fused-ring (bicyclic) bond motifs is 3. The fourth-order valence-corrected chi connectivity index (χ4v) is 6.75. The highest BCUT2D eigenvalue weighted by molar-refractivity contribution is 6.34.